The molecule has 0 aromatic heterocycles. The molecule has 3 rings (SSSR count). The van der Waals surface area contributed by atoms with Crippen molar-refractivity contribution in [1.29, 1.82) is 0 Å². The van der Waals surface area contributed by atoms with Gasteiger partial charge in [0.15, 0.2) is 17.4 Å². The lowest BCUT2D eigenvalue weighted by molar-refractivity contribution is -0.130. The smallest absolute Gasteiger partial charge is 0.243 e. The van der Waals surface area contributed by atoms with Crippen LogP contribution in [-0.4, -0.2) is 44.4 Å². The third kappa shape index (κ3) is 6.46. The highest BCUT2D eigenvalue weighted by atomic mass is 35.5. The van der Waals surface area contributed by atoms with Crippen LogP contribution in [0, 0.1) is 17.0 Å². The summed E-state index contributed by atoms with van der Waals surface area (Å²) in [4.78, 5) is 13.0. The van der Waals surface area contributed by atoms with Crippen molar-refractivity contribution in [1.82, 2.24) is 9.62 Å². The number of benzene rings is 2. The molecule has 1 fully saturated rings. The predicted octanol–water partition coefficient (Wildman–Crippen LogP) is 4.77. The van der Waals surface area contributed by atoms with Gasteiger partial charge in [0.05, 0.1) is 11.5 Å². The summed E-state index contributed by atoms with van der Waals surface area (Å²) in [5.41, 5.74) is -0.719. The summed E-state index contributed by atoms with van der Waals surface area (Å²) in [5.74, 6) is -2.09. The zero-order valence-electron chi connectivity index (χ0n) is 19.2. The zero-order chi connectivity index (χ0) is 24.9. The van der Waals surface area contributed by atoms with Gasteiger partial charge in [0, 0.05) is 29.6 Å². The van der Waals surface area contributed by atoms with Crippen molar-refractivity contribution in [3.05, 3.63) is 59.1 Å². The molecule has 0 radical (unpaired) electrons. The van der Waals surface area contributed by atoms with Gasteiger partial charge in [0.25, 0.3) is 0 Å². The summed E-state index contributed by atoms with van der Waals surface area (Å²) in [7, 11) is -3.61. The number of nitrogens with one attached hydrogen (secondary N) is 1. The highest BCUT2D eigenvalue weighted by molar-refractivity contribution is 7.89. The second kappa shape index (κ2) is 11.0. The molecule has 0 atom stereocenters. The van der Waals surface area contributed by atoms with E-state index in [-0.39, 0.29) is 23.5 Å². The first-order valence-corrected chi connectivity index (χ1v) is 13.0. The maximum absolute atomic E-state index is 13.6. The molecular weight excluding hydrogens is 486 g/mol. The fourth-order valence-electron chi connectivity index (χ4n) is 3.80. The van der Waals surface area contributed by atoms with Crippen LogP contribution in [0.2, 0.25) is 5.02 Å². The summed E-state index contributed by atoms with van der Waals surface area (Å²) in [6.45, 7) is 4.28. The van der Waals surface area contributed by atoms with Gasteiger partial charge in [0.1, 0.15) is 0 Å². The molecule has 1 heterocycles. The van der Waals surface area contributed by atoms with Gasteiger partial charge in [-0.3, -0.25) is 4.79 Å². The van der Waals surface area contributed by atoms with Gasteiger partial charge in [-0.2, -0.15) is 4.31 Å². The Hall–Kier alpha value is -2.23. The minimum absolute atomic E-state index is 0.0789. The lowest BCUT2D eigenvalue weighted by Gasteiger charge is -2.33. The Labute approximate surface area is 204 Å². The molecule has 0 saturated carbocycles. The van der Waals surface area contributed by atoms with Crippen molar-refractivity contribution in [2.45, 2.75) is 50.5 Å². The number of carbonyl (C=O) groups is 1. The Morgan fingerprint density at radius 3 is 2.29 bits per heavy atom. The van der Waals surface area contributed by atoms with Gasteiger partial charge in [-0.25, -0.2) is 17.2 Å². The molecule has 0 spiro atoms. The number of para-hydroxylation sites is 1. The van der Waals surface area contributed by atoms with Crippen LogP contribution < -0.4 is 10.1 Å². The van der Waals surface area contributed by atoms with Gasteiger partial charge in [0.2, 0.25) is 15.9 Å². The third-order valence-electron chi connectivity index (χ3n) is 5.97. The van der Waals surface area contributed by atoms with Crippen LogP contribution >= 0.6 is 11.6 Å². The second-order valence-electron chi connectivity index (χ2n) is 8.99. The van der Waals surface area contributed by atoms with E-state index in [1.54, 1.807) is 26.0 Å². The molecule has 186 valence electrons. The lowest BCUT2D eigenvalue weighted by Crippen LogP contribution is -2.49. The molecule has 1 aliphatic heterocycles. The number of amides is 1. The fourth-order valence-corrected chi connectivity index (χ4v) is 5.39. The predicted molar refractivity (Wildman–Crippen MR) is 126 cm³/mol. The quantitative estimate of drug-likeness (QED) is 0.489. The second-order valence-corrected chi connectivity index (χ2v) is 11.4. The van der Waals surface area contributed by atoms with Crippen LogP contribution in [0.3, 0.4) is 0 Å². The Morgan fingerprint density at radius 1 is 1.12 bits per heavy atom. The summed E-state index contributed by atoms with van der Waals surface area (Å²) in [5, 5.41) is 3.48. The minimum Gasteiger partial charge on any atom is -0.488 e. The van der Waals surface area contributed by atoms with E-state index in [9.17, 15) is 22.0 Å². The maximum atomic E-state index is 13.6. The first-order valence-electron chi connectivity index (χ1n) is 11.1. The molecule has 2 aromatic rings. The van der Waals surface area contributed by atoms with Gasteiger partial charge in [-0.15, -0.1) is 0 Å². The topological polar surface area (TPSA) is 75.7 Å². The van der Waals surface area contributed by atoms with E-state index in [4.69, 9.17) is 16.3 Å². The van der Waals surface area contributed by atoms with E-state index >= 15 is 0 Å². The minimum atomic E-state index is -3.61. The number of hydrogen-bond acceptors (Lipinski definition) is 4. The van der Waals surface area contributed by atoms with Crippen LogP contribution in [-0.2, 0) is 14.8 Å². The highest BCUT2D eigenvalue weighted by Crippen LogP contribution is 2.27. The fraction of sp³-hybridized carbons (Fsp3) is 0.458. The number of rotatable bonds is 9. The number of hydrogen-bond donors (Lipinski definition) is 1. The van der Waals surface area contributed by atoms with Crippen molar-refractivity contribution in [2.24, 2.45) is 5.41 Å². The molecule has 1 saturated heterocycles. The molecule has 34 heavy (non-hydrogen) atoms. The largest absolute Gasteiger partial charge is 0.488 e. The Morgan fingerprint density at radius 2 is 1.71 bits per heavy atom. The molecule has 1 amide bonds. The summed E-state index contributed by atoms with van der Waals surface area (Å²) in [6, 6.07) is 9.44. The van der Waals surface area contributed by atoms with Gasteiger partial charge in [-0.1, -0.05) is 31.5 Å². The van der Waals surface area contributed by atoms with E-state index in [0.717, 1.165) is 12.1 Å². The number of ether oxygens (including phenoxy) is 1. The summed E-state index contributed by atoms with van der Waals surface area (Å²) in [6.07, 6.45) is 1.90. The van der Waals surface area contributed by atoms with E-state index in [0.29, 0.717) is 43.8 Å². The molecular formula is C24H29ClF2N2O4S. The molecule has 0 bridgehead atoms. The van der Waals surface area contributed by atoms with Crippen LogP contribution in [0.4, 0.5) is 8.78 Å². The van der Waals surface area contributed by atoms with Crippen molar-refractivity contribution >= 4 is 27.5 Å². The van der Waals surface area contributed by atoms with Crippen LogP contribution in [0.15, 0.2) is 47.4 Å². The Bertz CT molecular complexity index is 1080. The number of sulfonamides is 1. The Balaban J connectivity index is 1.45. The third-order valence-corrected chi connectivity index (χ3v) is 8.13. The highest BCUT2D eigenvalue weighted by Gasteiger charge is 2.33. The normalized spacial score (nSPS) is 15.8. The molecule has 6 nitrogen and oxygen atoms in total. The van der Waals surface area contributed by atoms with Crippen molar-refractivity contribution in [3.63, 3.8) is 0 Å². The molecule has 2 aromatic carbocycles. The molecule has 10 heteroatoms. The average molecular weight is 515 g/mol. The van der Waals surface area contributed by atoms with Gasteiger partial charge < -0.3 is 10.1 Å². The molecule has 1 N–H and O–H groups in total. The monoisotopic (exact) mass is 514 g/mol. The van der Waals surface area contributed by atoms with Crippen molar-refractivity contribution in [2.75, 3.05) is 19.7 Å². The van der Waals surface area contributed by atoms with Gasteiger partial charge >= 0.3 is 0 Å². The number of nitrogens with zero attached hydrogens (tertiary/aromatic N) is 1. The summed E-state index contributed by atoms with van der Waals surface area (Å²) < 4.78 is 59.6. The van der Waals surface area contributed by atoms with E-state index in [2.05, 4.69) is 5.32 Å². The van der Waals surface area contributed by atoms with Crippen molar-refractivity contribution < 1.29 is 26.7 Å². The standard InChI is InChI=1S/C24H29ClF2N2O4S/c1-24(2,13-4-16-33-22-20(26)5-3-6-21(22)27)23(30)28-18-11-14-29(15-12-18)34(31,32)19-9-7-17(25)8-10-19/h3,5-10,18H,4,11-16H2,1-2H3,(H,28,30). The van der Waals surface area contributed by atoms with Crippen molar-refractivity contribution in [3.8, 4) is 5.75 Å². The lowest BCUT2D eigenvalue weighted by atomic mass is 9.86. The Kier molecular flexibility index (Phi) is 8.54. The van der Waals surface area contributed by atoms with Crippen LogP contribution in [0.5, 0.6) is 5.75 Å². The number of carbonyl (C=O) groups excluding carboxylic acids is 1. The number of halogens is 3. The van der Waals surface area contributed by atoms with E-state index in [1.807, 2.05) is 0 Å². The SMILES string of the molecule is CC(C)(CCCOc1c(F)cccc1F)C(=O)NC1CCN(S(=O)(=O)c2ccc(Cl)cc2)CC1. The van der Waals surface area contributed by atoms with Crippen LogP contribution in [0.1, 0.15) is 39.5 Å². The van der Waals surface area contributed by atoms with Gasteiger partial charge in [-0.05, 0) is 62.1 Å². The average Bonchev–Trinajstić information content (AvgIpc) is 2.79. The molecule has 1 aliphatic rings. The zero-order valence-corrected chi connectivity index (χ0v) is 20.8. The first-order chi connectivity index (χ1) is 16.0. The van der Waals surface area contributed by atoms with Crippen LogP contribution in [0.25, 0.3) is 0 Å². The molecule has 0 unspecified atom stereocenters. The van der Waals surface area contributed by atoms with E-state index in [1.165, 1.54) is 22.5 Å². The maximum Gasteiger partial charge on any atom is 0.243 e. The molecule has 0 aliphatic carbocycles. The summed E-state index contributed by atoms with van der Waals surface area (Å²) >= 11 is 5.85. The first kappa shape index (κ1) is 26.4. The van der Waals surface area contributed by atoms with E-state index < -0.39 is 32.8 Å². The number of piperidine rings is 1.